The molecule has 3 aromatic rings. The zero-order chi connectivity index (χ0) is 23.1. The smallest absolute Gasteiger partial charge is 0.262 e. The molecule has 1 amide bonds. The molecular weight excluding hydrogens is 456 g/mol. The molecule has 0 atom stereocenters. The maximum atomic E-state index is 12.6. The summed E-state index contributed by atoms with van der Waals surface area (Å²) in [4.78, 5) is 12.2. The fourth-order valence-corrected chi connectivity index (χ4v) is 4.01. The van der Waals surface area contributed by atoms with Gasteiger partial charge >= 0.3 is 0 Å². The van der Waals surface area contributed by atoms with Gasteiger partial charge in [-0.15, -0.1) is 0 Å². The zero-order valence-electron chi connectivity index (χ0n) is 17.3. The van der Waals surface area contributed by atoms with Gasteiger partial charge in [0, 0.05) is 11.8 Å². The molecule has 0 radical (unpaired) electrons. The molecule has 3 aromatic carbocycles. The monoisotopic (exact) mass is 476 g/mol. The van der Waals surface area contributed by atoms with Crippen LogP contribution in [0.3, 0.4) is 0 Å². The number of methoxy groups -OCH3 is 2. The van der Waals surface area contributed by atoms with E-state index in [-0.39, 0.29) is 11.5 Å². The Bertz CT molecular complexity index is 1200. The molecule has 0 aliphatic heterocycles. The van der Waals surface area contributed by atoms with Crippen LogP contribution in [-0.2, 0) is 14.8 Å². The molecule has 0 saturated carbocycles. The lowest BCUT2D eigenvalue weighted by molar-refractivity contribution is -0.118. The van der Waals surface area contributed by atoms with Gasteiger partial charge < -0.3 is 19.5 Å². The Labute approximate surface area is 191 Å². The Kier molecular flexibility index (Phi) is 7.45. The highest BCUT2D eigenvalue weighted by Gasteiger charge is 2.15. The molecule has 0 bridgehead atoms. The van der Waals surface area contributed by atoms with Gasteiger partial charge in [0.05, 0.1) is 29.8 Å². The van der Waals surface area contributed by atoms with Crippen molar-refractivity contribution in [2.75, 3.05) is 30.9 Å². The molecule has 0 heterocycles. The minimum atomic E-state index is -3.80. The Morgan fingerprint density at radius 3 is 2.31 bits per heavy atom. The molecule has 168 valence electrons. The standard InChI is InChI=1S/C22H21ClN2O6S/c1-29-18-5-3-4-16(12-18)25-32(27,28)19-9-7-17(8-10-19)31-14-22(26)24-15-6-11-21(30-2)20(23)13-15/h3-13,25H,14H2,1-2H3,(H,24,26). The number of hydrogen-bond acceptors (Lipinski definition) is 6. The van der Waals surface area contributed by atoms with E-state index in [9.17, 15) is 13.2 Å². The minimum Gasteiger partial charge on any atom is -0.497 e. The summed E-state index contributed by atoms with van der Waals surface area (Å²) in [7, 11) is -0.803. The van der Waals surface area contributed by atoms with E-state index in [2.05, 4.69) is 10.0 Å². The van der Waals surface area contributed by atoms with E-state index in [0.29, 0.717) is 33.6 Å². The predicted molar refractivity (Wildman–Crippen MR) is 122 cm³/mol. The van der Waals surface area contributed by atoms with E-state index in [4.69, 9.17) is 25.8 Å². The Hall–Kier alpha value is -3.43. The van der Waals surface area contributed by atoms with Crippen LogP contribution in [0.2, 0.25) is 5.02 Å². The molecule has 0 aliphatic carbocycles. The number of rotatable bonds is 9. The molecule has 10 heteroatoms. The highest BCUT2D eigenvalue weighted by atomic mass is 35.5. The van der Waals surface area contributed by atoms with Gasteiger partial charge in [-0.3, -0.25) is 9.52 Å². The summed E-state index contributed by atoms with van der Waals surface area (Å²) in [6, 6.07) is 17.1. The molecule has 0 spiro atoms. The van der Waals surface area contributed by atoms with E-state index in [1.807, 2.05) is 0 Å². The van der Waals surface area contributed by atoms with Crippen LogP contribution in [0.4, 0.5) is 11.4 Å². The van der Waals surface area contributed by atoms with Gasteiger partial charge in [-0.1, -0.05) is 17.7 Å². The fraction of sp³-hybridized carbons (Fsp3) is 0.136. The van der Waals surface area contributed by atoms with Crippen LogP contribution in [0.1, 0.15) is 0 Å². The number of benzene rings is 3. The molecule has 0 fully saturated rings. The number of nitrogens with one attached hydrogen (secondary N) is 2. The maximum absolute atomic E-state index is 12.6. The van der Waals surface area contributed by atoms with Crippen molar-refractivity contribution in [2.45, 2.75) is 4.90 Å². The quantitative estimate of drug-likeness (QED) is 0.480. The van der Waals surface area contributed by atoms with Gasteiger partial charge in [0.15, 0.2) is 6.61 Å². The Balaban J connectivity index is 1.58. The van der Waals surface area contributed by atoms with Crippen molar-refractivity contribution in [1.29, 1.82) is 0 Å². The summed E-state index contributed by atoms with van der Waals surface area (Å²) in [5, 5.41) is 3.02. The number of halogens is 1. The van der Waals surface area contributed by atoms with Crippen molar-refractivity contribution in [1.82, 2.24) is 0 Å². The van der Waals surface area contributed by atoms with E-state index < -0.39 is 15.9 Å². The first-order chi connectivity index (χ1) is 15.3. The third kappa shape index (κ3) is 6.05. The van der Waals surface area contributed by atoms with Crippen LogP contribution in [0.5, 0.6) is 17.2 Å². The van der Waals surface area contributed by atoms with Gasteiger partial charge in [-0.25, -0.2) is 8.42 Å². The zero-order valence-corrected chi connectivity index (χ0v) is 18.9. The fourth-order valence-electron chi connectivity index (χ4n) is 2.71. The van der Waals surface area contributed by atoms with Gasteiger partial charge in [-0.2, -0.15) is 0 Å². The first kappa shape index (κ1) is 23.2. The first-order valence-electron chi connectivity index (χ1n) is 9.34. The lowest BCUT2D eigenvalue weighted by Gasteiger charge is -2.11. The van der Waals surface area contributed by atoms with Crippen LogP contribution in [0, 0.1) is 0 Å². The first-order valence-corrected chi connectivity index (χ1v) is 11.2. The third-order valence-electron chi connectivity index (χ3n) is 4.26. The van der Waals surface area contributed by atoms with Crippen LogP contribution < -0.4 is 24.2 Å². The highest BCUT2D eigenvalue weighted by Crippen LogP contribution is 2.27. The summed E-state index contributed by atoms with van der Waals surface area (Å²) >= 11 is 6.04. The average Bonchev–Trinajstić information content (AvgIpc) is 2.78. The SMILES string of the molecule is COc1cccc(NS(=O)(=O)c2ccc(OCC(=O)Nc3ccc(OC)c(Cl)c3)cc2)c1. The second kappa shape index (κ2) is 10.3. The van der Waals surface area contributed by atoms with Gasteiger partial charge in [-0.05, 0) is 54.6 Å². The van der Waals surface area contributed by atoms with Crippen molar-refractivity contribution in [3.63, 3.8) is 0 Å². The van der Waals surface area contributed by atoms with Crippen LogP contribution in [-0.4, -0.2) is 35.2 Å². The second-order valence-corrected chi connectivity index (χ2v) is 8.58. The van der Waals surface area contributed by atoms with Gasteiger partial charge in [0.25, 0.3) is 15.9 Å². The van der Waals surface area contributed by atoms with Gasteiger partial charge in [0.1, 0.15) is 17.2 Å². The molecule has 2 N–H and O–H groups in total. The van der Waals surface area contributed by atoms with E-state index >= 15 is 0 Å². The Morgan fingerprint density at radius 1 is 0.906 bits per heavy atom. The summed E-state index contributed by atoms with van der Waals surface area (Å²) in [5.74, 6) is 0.969. The van der Waals surface area contributed by atoms with Crippen molar-refractivity contribution in [3.8, 4) is 17.2 Å². The third-order valence-corrected chi connectivity index (χ3v) is 5.95. The highest BCUT2D eigenvalue weighted by molar-refractivity contribution is 7.92. The van der Waals surface area contributed by atoms with Crippen molar-refractivity contribution in [2.24, 2.45) is 0 Å². The number of sulfonamides is 1. The summed E-state index contributed by atoms with van der Waals surface area (Å²) < 4.78 is 43.2. The van der Waals surface area contributed by atoms with Crippen molar-refractivity contribution in [3.05, 3.63) is 71.8 Å². The second-order valence-electron chi connectivity index (χ2n) is 6.50. The summed E-state index contributed by atoms with van der Waals surface area (Å²) in [5.41, 5.74) is 0.870. The topological polar surface area (TPSA) is 103 Å². The number of amides is 1. The summed E-state index contributed by atoms with van der Waals surface area (Å²) in [6.07, 6.45) is 0. The maximum Gasteiger partial charge on any atom is 0.262 e. The van der Waals surface area contributed by atoms with E-state index in [1.54, 1.807) is 42.5 Å². The van der Waals surface area contributed by atoms with Gasteiger partial charge in [0.2, 0.25) is 0 Å². The normalized spacial score (nSPS) is 10.8. The Morgan fingerprint density at radius 2 is 1.66 bits per heavy atom. The van der Waals surface area contributed by atoms with E-state index in [1.165, 1.54) is 38.5 Å². The number of carbonyl (C=O) groups is 1. The van der Waals surface area contributed by atoms with E-state index in [0.717, 1.165) is 0 Å². The number of carbonyl (C=O) groups excluding carboxylic acids is 1. The van der Waals surface area contributed by atoms with Crippen LogP contribution >= 0.6 is 11.6 Å². The van der Waals surface area contributed by atoms with Crippen molar-refractivity contribution < 1.29 is 27.4 Å². The van der Waals surface area contributed by atoms with Crippen LogP contribution in [0.15, 0.2) is 71.6 Å². The molecule has 3 rings (SSSR count). The molecule has 0 unspecified atom stereocenters. The van der Waals surface area contributed by atoms with Crippen molar-refractivity contribution >= 4 is 38.9 Å². The average molecular weight is 477 g/mol. The molecular formula is C22H21ClN2O6S. The number of hydrogen-bond donors (Lipinski definition) is 2. The predicted octanol–water partition coefficient (Wildman–Crippen LogP) is 4.18. The largest absolute Gasteiger partial charge is 0.497 e. The molecule has 0 aromatic heterocycles. The molecule has 32 heavy (non-hydrogen) atoms. The number of ether oxygens (including phenoxy) is 3. The lowest BCUT2D eigenvalue weighted by atomic mass is 10.3. The minimum absolute atomic E-state index is 0.0463. The summed E-state index contributed by atoms with van der Waals surface area (Å²) in [6.45, 7) is -0.266. The lowest BCUT2D eigenvalue weighted by Crippen LogP contribution is -2.20. The molecule has 0 aliphatic rings. The molecule has 0 saturated heterocycles. The number of anilines is 2. The van der Waals surface area contributed by atoms with Crippen LogP contribution in [0.25, 0.3) is 0 Å². The molecule has 8 nitrogen and oxygen atoms in total.